The van der Waals surface area contributed by atoms with E-state index in [1.165, 1.54) is 23.3 Å². The van der Waals surface area contributed by atoms with E-state index in [9.17, 15) is 13.2 Å². The number of methoxy groups -OCH3 is 1. The second-order valence-corrected chi connectivity index (χ2v) is 8.37. The summed E-state index contributed by atoms with van der Waals surface area (Å²) >= 11 is 0. The molecule has 2 atom stereocenters. The molecule has 1 aromatic rings. The third kappa shape index (κ3) is 7.28. The van der Waals surface area contributed by atoms with E-state index in [4.69, 9.17) is 4.74 Å². The molecule has 9 heteroatoms. The zero-order valence-electron chi connectivity index (χ0n) is 18.4. The van der Waals surface area contributed by atoms with Gasteiger partial charge in [-0.2, -0.15) is 13.2 Å². The maximum Gasteiger partial charge on any atom is 0.401 e. The Morgan fingerprint density at radius 2 is 1.87 bits per heavy atom. The molecule has 2 heterocycles. The van der Waals surface area contributed by atoms with Crippen LogP contribution in [0.25, 0.3) is 0 Å². The van der Waals surface area contributed by atoms with Gasteiger partial charge in [-0.1, -0.05) is 12.1 Å². The molecule has 0 radical (unpaired) electrons. The Bertz CT molecular complexity index is 704. The first kappa shape index (κ1) is 23.7. The van der Waals surface area contributed by atoms with E-state index in [1.807, 2.05) is 12.1 Å². The first-order chi connectivity index (χ1) is 14.9. The number of rotatable bonds is 8. The van der Waals surface area contributed by atoms with Gasteiger partial charge in [0.25, 0.3) is 0 Å². The highest BCUT2D eigenvalue weighted by Gasteiger charge is 2.34. The van der Waals surface area contributed by atoms with Crippen LogP contribution in [0.15, 0.2) is 29.3 Å². The number of likely N-dealkylation sites (tertiary alicyclic amines) is 2. The molecule has 174 valence electrons. The first-order valence-electron chi connectivity index (χ1n) is 11.0. The lowest BCUT2D eigenvalue weighted by Gasteiger charge is -2.29. The zero-order valence-corrected chi connectivity index (χ0v) is 18.4. The van der Waals surface area contributed by atoms with Gasteiger partial charge in [-0.25, -0.2) is 0 Å². The van der Waals surface area contributed by atoms with Crippen molar-refractivity contribution in [2.24, 2.45) is 10.9 Å². The lowest BCUT2D eigenvalue weighted by molar-refractivity contribution is -0.143. The summed E-state index contributed by atoms with van der Waals surface area (Å²) in [6, 6.07) is 8.40. The molecular formula is C22H34F3N5O. The maximum atomic E-state index is 12.6. The molecule has 2 unspecified atom stereocenters. The minimum Gasteiger partial charge on any atom is -0.497 e. The average Bonchev–Trinajstić information content (AvgIpc) is 3.42. The van der Waals surface area contributed by atoms with Crippen LogP contribution in [-0.4, -0.2) is 81.9 Å². The van der Waals surface area contributed by atoms with E-state index < -0.39 is 12.7 Å². The second kappa shape index (κ2) is 11.0. The van der Waals surface area contributed by atoms with E-state index in [2.05, 4.69) is 32.7 Å². The smallest absolute Gasteiger partial charge is 0.401 e. The third-order valence-corrected chi connectivity index (χ3v) is 6.10. The van der Waals surface area contributed by atoms with Crippen LogP contribution in [0.2, 0.25) is 0 Å². The van der Waals surface area contributed by atoms with E-state index in [0.29, 0.717) is 32.1 Å². The number of guanidine groups is 1. The number of nitrogens with one attached hydrogen (secondary N) is 2. The zero-order chi connectivity index (χ0) is 22.3. The quantitative estimate of drug-likeness (QED) is 0.480. The summed E-state index contributed by atoms with van der Waals surface area (Å²) in [6.45, 7) is 3.60. The van der Waals surface area contributed by atoms with Crippen molar-refractivity contribution in [3.8, 4) is 5.75 Å². The lowest BCUT2D eigenvalue weighted by Crippen LogP contribution is -2.44. The fourth-order valence-electron chi connectivity index (χ4n) is 4.47. The van der Waals surface area contributed by atoms with E-state index in [1.54, 1.807) is 14.2 Å². The van der Waals surface area contributed by atoms with Crippen LogP contribution in [0.4, 0.5) is 13.2 Å². The molecule has 2 fully saturated rings. The van der Waals surface area contributed by atoms with Gasteiger partial charge in [0.1, 0.15) is 5.75 Å². The molecule has 31 heavy (non-hydrogen) atoms. The van der Waals surface area contributed by atoms with Crippen LogP contribution in [-0.2, 0) is 0 Å². The van der Waals surface area contributed by atoms with Gasteiger partial charge >= 0.3 is 6.18 Å². The summed E-state index contributed by atoms with van der Waals surface area (Å²) in [5, 5.41) is 6.72. The fraction of sp³-hybridized carbons (Fsp3) is 0.682. The fourth-order valence-corrected chi connectivity index (χ4v) is 4.47. The third-order valence-electron chi connectivity index (χ3n) is 6.10. The molecule has 2 aliphatic rings. The van der Waals surface area contributed by atoms with E-state index in [-0.39, 0.29) is 12.0 Å². The average molecular weight is 442 g/mol. The van der Waals surface area contributed by atoms with Crippen LogP contribution < -0.4 is 15.4 Å². The van der Waals surface area contributed by atoms with Crippen LogP contribution >= 0.6 is 0 Å². The SMILES string of the molecule is CN=C(NCC1CCN(CC(F)(F)F)C1)NCC(c1ccc(OC)cc1)N1CCCC1. The van der Waals surface area contributed by atoms with E-state index in [0.717, 1.165) is 25.3 Å². The Kier molecular flexibility index (Phi) is 8.43. The molecule has 0 aromatic heterocycles. The predicted molar refractivity (Wildman–Crippen MR) is 117 cm³/mol. The van der Waals surface area contributed by atoms with Gasteiger partial charge in [0.15, 0.2) is 5.96 Å². The van der Waals surface area contributed by atoms with Crippen molar-refractivity contribution in [1.82, 2.24) is 20.4 Å². The van der Waals surface area contributed by atoms with Crippen molar-refractivity contribution in [2.75, 3.05) is 60.0 Å². The summed E-state index contributed by atoms with van der Waals surface area (Å²) in [7, 11) is 3.38. The summed E-state index contributed by atoms with van der Waals surface area (Å²) < 4.78 is 43.1. The summed E-state index contributed by atoms with van der Waals surface area (Å²) in [4.78, 5) is 8.27. The predicted octanol–water partition coefficient (Wildman–Crippen LogP) is 2.88. The summed E-state index contributed by atoms with van der Waals surface area (Å²) in [5.41, 5.74) is 1.23. The molecular weight excluding hydrogens is 407 g/mol. The molecule has 6 nitrogen and oxygen atoms in total. The van der Waals surface area contributed by atoms with Gasteiger partial charge in [-0.05, 0) is 62.5 Å². The molecule has 2 N–H and O–H groups in total. The monoisotopic (exact) mass is 441 g/mol. The Morgan fingerprint density at radius 3 is 2.48 bits per heavy atom. The molecule has 2 saturated heterocycles. The van der Waals surface area contributed by atoms with Crippen molar-refractivity contribution in [2.45, 2.75) is 31.5 Å². The number of nitrogens with zero attached hydrogens (tertiary/aromatic N) is 3. The van der Waals surface area contributed by atoms with E-state index >= 15 is 0 Å². The Labute approximate surface area is 182 Å². The van der Waals surface area contributed by atoms with Crippen LogP contribution in [0, 0.1) is 5.92 Å². The van der Waals surface area contributed by atoms with Crippen molar-refractivity contribution < 1.29 is 17.9 Å². The molecule has 0 saturated carbocycles. The molecule has 0 bridgehead atoms. The number of aliphatic imine (C=N–C) groups is 1. The van der Waals surface area contributed by atoms with Crippen molar-refractivity contribution >= 4 is 5.96 Å². The van der Waals surface area contributed by atoms with Crippen LogP contribution in [0.5, 0.6) is 5.75 Å². The minimum absolute atomic E-state index is 0.192. The Balaban J connectivity index is 1.51. The van der Waals surface area contributed by atoms with Crippen molar-refractivity contribution in [3.05, 3.63) is 29.8 Å². The number of benzene rings is 1. The standard InChI is InChI=1S/C22H34F3N5O/c1-26-21(27-13-17-9-12-29(15-17)16-22(23,24)25)28-14-20(30-10-3-4-11-30)18-5-7-19(31-2)8-6-18/h5-8,17,20H,3-4,9-16H2,1-2H3,(H2,26,27,28). The summed E-state index contributed by atoms with van der Waals surface area (Å²) in [6.07, 6.45) is -0.959. The number of hydrogen-bond acceptors (Lipinski definition) is 4. The van der Waals surface area contributed by atoms with Crippen LogP contribution in [0.3, 0.4) is 0 Å². The minimum atomic E-state index is -4.13. The molecule has 0 spiro atoms. The van der Waals surface area contributed by atoms with Crippen molar-refractivity contribution in [1.29, 1.82) is 0 Å². The summed E-state index contributed by atoms with van der Waals surface area (Å²) in [5.74, 6) is 1.72. The second-order valence-electron chi connectivity index (χ2n) is 8.37. The Morgan fingerprint density at radius 1 is 1.16 bits per heavy atom. The highest BCUT2D eigenvalue weighted by molar-refractivity contribution is 5.79. The number of ether oxygens (including phenoxy) is 1. The van der Waals surface area contributed by atoms with Crippen LogP contribution in [0.1, 0.15) is 30.9 Å². The molecule has 0 aliphatic carbocycles. The highest BCUT2D eigenvalue weighted by Crippen LogP contribution is 2.26. The van der Waals surface area contributed by atoms with Gasteiger partial charge < -0.3 is 15.4 Å². The number of halogens is 3. The normalized spacial score (nSPS) is 22.0. The highest BCUT2D eigenvalue weighted by atomic mass is 19.4. The van der Waals surface area contributed by atoms with Gasteiger partial charge in [0.2, 0.25) is 0 Å². The lowest BCUT2D eigenvalue weighted by atomic mass is 10.1. The van der Waals surface area contributed by atoms with Gasteiger partial charge in [-0.15, -0.1) is 0 Å². The largest absolute Gasteiger partial charge is 0.497 e. The van der Waals surface area contributed by atoms with Crippen molar-refractivity contribution in [3.63, 3.8) is 0 Å². The molecule has 3 rings (SSSR count). The van der Waals surface area contributed by atoms with Gasteiger partial charge in [-0.3, -0.25) is 14.8 Å². The maximum absolute atomic E-state index is 12.6. The van der Waals surface area contributed by atoms with Gasteiger partial charge in [0, 0.05) is 26.7 Å². The topological polar surface area (TPSA) is 52.1 Å². The first-order valence-corrected chi connectivity index (χ1v) is 11.0. The molecule has 0 amide bonds. The Hall–Kier alpha value is -2.00. The number of hydrogen-bond donors (Lipinski definition) is 2. The van der Waals surface area contributed by atoms with Gasteiger partial charge in [0.05, 0.1) is 19.7 Å². The molecule has 1 aromatic carbocycles. The number of alkyl halides is 3. The molecule has 2 aliphatic heterocycles.